The van der Waals surface area contributed by atoms with Gasteiger partial charge in [-0.05, 0) is 77.9 Å². The van der Waals surface area contributed by atoms with Gasteiger partial charge in [-0.1, -0.05) is 60.7 Å². The van der Waals surface area contributed by atoms with E-state index in [0.29, 0.717) is 16.8 Å². The molecule has 0 aliphatic rings. The molecule has 6 aromatic carbocycles. The first kappa shape index (κ1) is 25.1. The van der Waals surface area contributed by atoms with E-state index in [2.05, 4.69) is 92.8 Å². The first-order valence-corrected chi connectivity index (χ1v) is 14.2. The minimum Gasteiger partial charge on any atom is -0.319 e. The van der Waals surface area contributed by atoms with Crippen molar-refractivity contribution in [2.24, 2.45) is 0 Å². The average Bonchev–Trinajstić information content (AvgIpc) is 3.60. The number of para-hydroxylation sites is 2. The van der Waals surface area contributed by atoms with Crippen LogP contribution in [0.25, 0.3) is 71.0 Å². The molecule has 0 atom stereocenters. The van der Waals surface area contributed by atoms with Crippen LogP contribution >= 0.6 is 0 Å². The fourth-order valence-corrected chi connectivity index (χ4v) is 6.52. The van der Waals surface area contributed by atoms with Crippen molar-refractivity contribution in [2.75, 3.05) is 0 Å². The highest BCUT2D eigenvalue weighted by molar-refractivity contribution is 6.17. The molecular weight excluding hydrogens is 538 g/mol. The second-order valence-corrected chi connectivity index (χ2v) is 10.7. The Balaban J connectivity index is 1.41. The molecule has 2 heterocycles. The van der Waals surface area contributed by atoms with Crippen molar-refractivity contribution in [3.8, 4) is 34.6 Å². The van der Waals surface area contributed by atoms with E-state index in [4.69, 9.17) is 6.57 Å². The second kappa shape index (κ2) is 9.74. The molecule has 2 aromatic heterocycles. The van der Waals surface area contributed by atoms with E-state index in [0.717, 1.165) is 66.1 Å². The molecule has 0 fully saturated rings. The number of hydrogen-bond acceptors (Lipinski definition) is 2. The van der Waals surface area contributed by atoms with Crippen molar-refractivity contribution in [3.05, 3.63) is 150 Å². The number of hydrogen-bond donors (Lipinski definition) is 0. The number of nitriles is 2. The lowest BCUT2D eigenvalue weighted by Gasteiger charge is -2.11. The minimum absolute atomic E-state index is 0.437. The summed E-state index contributed by atoms with van der Waals surface area (Å²) in [7, 11) is 0. The van der Waals surface area contributed by atoms with Crippen LogP contribution in [0.5, 0.6) is 0 Å². The molecule has 44 heavy (non-hydrogen) atoms. The molecule has 5 nitrogen and oxygen atoms in total. The number of aromatic nitrogens is 2. The van der Waals surface area contributed by atoms with Crippen molar-refractivity contribution < 1.29 is 0 Å². The zero-order chi connectivity index (χ0) is 29.8. The van der Waals surface area contributed by atoms with E-state index in [-0.39, 0.29) is 0 Å². The number of rotatable bonds is 3. The third-order valence-corrected chi connectivity index (χ3v) is 8.38. The van der Waals surface area contributed by atoms with Gasteiger partial charge in [-0.2, -0.15) is 10.5 Å². The topological polar surface area (TPSA) is 61.8 Å². The smallest absolute Gasteiger partial charge is 0.211 e. The molecule has 0 aliphatic heterocycles. The molecule has 0 amide bonds. The zero-order valence-electron chi connectivity index (χ0n) is 23.4. The molecule has 0 bridgehead atoms. The van der Waals surface area contributed by atoms with Crippen LogP contribution in [-0.2, 0) is 0 Å². The molecule has 0 saturated heterocycles. The first-order chi connectivity index (χ1) is 21.7. The Labute approximate surface area is 253 Å². The molecule has 0 saturated carbocycles. The Hall–Kier alpha value is -6.61. The Bertz CT molecular complexity index is 2600. The van der Waals surface area contributed by atoms with Gasteiger partial charge in [-0.25, -0.2) is 4.85 Å². The van der Waals surface area contributed by atoms with Crippen molar-refractivity contribution in [3.63, 3.8) is 0 Å². The summed E-state index contributed by atoms with van der Waals surface area (Å²) < 4.78 is 4.35. The molecule has 0 aliphatic carbocycles. The van der Waals surface area contributed by atoms with Gasteiger partial charge in [-0.3, -0.25) is 0 Å². The monoisotopic (exact) mass is 559 g/mol. The highest BCUT2D eigenvalue weighted by Crippen LogP contribution is 2.42. The summed E-state index contributed by atoms with van der Waals surface area (Å²) in [6.45, 7) is 7.87. The summed E-state index contributed by atoms with van der Waals surface area (Å²) >= 11 is 0. The van der Waals surface area contributed by atoms with E-state index in [9.17, 15) is 10.5 Å². The normalized spacial score (nSPS) is 11.1. The summed E-state index contributed by atoms with van der Waals surface area (Å²) in [5.41, 5.74) is 9.55. The molecule has 0 unspecified atom stereocenters. The number of nitrogens with zero attached hydrogens (tertiary/aromatic N) is 5. The van der Waals surface area contributed by atoms with Crippen LogP contribution in [-0.4, -0.2) is 9.13 Å². The van der Waals surface area contributed by atoms with Crippen LogP contribution in [0.15, 0.2) is 127 Å². The van der Waals surface area contributed by atoms with Gasteiger partial charge in [0.1, 0.15) is 0 Å². The van der Waals surface area contributed by atoms with Gasteiger partial charge in [0, 0.05) is 32.8 Å². The van der Waals surface area contributed by atoms with Crippen molar-refractivity contribution >= 4 is 49.3 Å². The van der Waals surface area contributed by atoms with E-state index in [1.54, 1.807) is 12.1 Å². The van der Waals surface area contributed by atoms with Gasteiger partial charge in [0.05, 0.1) is 52.0 Å². The van der Waals surface area contributed by atoms with Crippen LogP contribution in [0.4, 0.5) is 5.69 Å². The van der Waals surface area contributed by atoms with Crippen LogP contribution in [0.1, 0.15) is 11.1 Å². The second-order valence-electron chi connectivity index (χ2n) is 10.7. The molecule has 5 heteroatoms. The van der Waals surface area contributed by atoms with Gasteiger partial charge in [0.25, 0.3) is 0 Å². The molecule has 8 rings (SSSR count). The molecule has 0 N–H and O–H groups in total. The van der Waals surface area contributed by atoms with Crippen LogP contribution < -0.4 is 0 Å². The predicted molar refractivity (Wildman–Crippen MR) is 176 cm³/mol. The molecular formula is C39H21N5. The Morgan fingerprint density at radius 3 is 2.02 bits per heavy atom. The minimum atomic E-state index is 0.437. The van der Waals surface area contributed by atoms with E-state index in [1.807, 2.05) is 48.5 Å². The summed E-state index contributed by atoms with van der Waals surface area (Å²) in [5, 5.41) is 23.5. The fourth-order valence-electron chi connectivity index (χ4n) is 6.52. The lowest BCUT2D eigenvalue weighted by atomic mass is 9.98. The van der Waals surface area contributed by atoms with Gasteiger partial charge in [0.2, 0.25) is 5.69 Å². The predicted octanol–water partition coefficient (Wildman–Crippen LogP) is 9.84. The number of benzene rings is 6. The zero-order valence-corrected chi connectivity index (χ0v) is 23.4. The summed E-state index contributed by atoms with van der Waals surface area (Å²) in [4.78, 5) is 3.79. The van der Waals surface area contributed by atoms with Gasteiger partial charge in [0.15, 0.2) is 0 Å². The first-order valence-electron chi connectivity index (χ1n) is 14.2. The third-order valence-electron chi connectivity index (χ3n) is 8.38. The van der Waals surface area contributed by atoms with Gasteiger partial charge < -0.3 is 9.13 Å². The summed E-state index contributed by atoms with van der Waals surface area (Å²) in [5.74, 6) is 0. The summed E-state index contributed by atoms with van der Waals surface area (Å²) in [6, 6.07) is 47.0. The van der Waals surface area contributed by atoms with Crippen LogP contribution in [0.3, 0.4) is 0 Å². The van der Waals surface area contributed by atoms with Crippen molar-refractivity contribution in [2.45, 2.75) is 0 Å². The third kappa shape index (κ3) is 3.63. The highest BCUT2D eigenvalue weighted by atomic mass is 15.0. The van der Waals surface area contributed by atoms with E-state index >= 15 is 0 Å². The molecule has 0 spiro atoms. The quantitative estimate of drug-likeness (QED) is 0.202. The molecule has 8 aromatic rings. The fraction of sp³-hybridized carbons (Fsp3) is 0. The standard InChI is InChI=1S/C39H21N5/c1-42-33-21-26(24-41)16-18-37(33)44-35-14-5-3-11-31(35)39-29(12-7-15-38(39)44)27-17-19-36-32(22-27)30-10-2-4-13-34(30)43(36)28-9-6-8-25(20-28)23-40/h2-22H. The SMILES string of the molecule is [C-]#[N+]c1cc(C#N)ccc1-n1c2ccccc2c2c(-c3ccc4c(c3)c3ccccc3n4-c3cccc(C#N)c3)cccc21. The maximum atomic E-state index is 9.55. The average molecular weight is 560 g/mol. The van der Waals surface area contributed by atoms with Crippen LogP contribution in [0.2, 0.25) is 0 Å². The largest absolute Gasteiger partial charge is 0.319 e. The lowest BCUT2D eigenvalue weighted by molar-refractivity contribution is 1.18. The maximum absolute atomic E-state index is 9.55. The van der Waals surface area contributed by atoms with Gasteiger partial charge >= 0.3 is 0 Å². The molecule has 0 radical (unpaired) electrons. The van der Waals surface area contributed by atoms with Gasteiger partial charge in [-0.15, -0.1) is 0 Å². The Morgan fingerprint density at radius 2 is 1.23 bits per heavy atom. The lowest BCUT2D eigenvalue weighted by Crippen LogP contribution is -1.95. The van der Waals surface area contributed by atoms with Crippen LogP contribution in [0, 0.1) is 29.2 Å². The molecule has 202 valence electrons. The maximum Gasteiger partial charge on any atom is 0.211 e. The van der Waals surface area contributed by atoms with E-state index in [1.165, 1.54) is 0 Å². The van der Waals surface area contributed by atoms with Crippen molar-refractivity contribution in [1.82, 2.24) is 9.13 Å². The van der Waals surface area contributed by atoms with E-state index < -0.39 is 0 Å². The summed E-state index contributed by atoms with van der Waals surface area (Å²) in [6.07, 6.45) is 0. The number of fused-ring (bicyclic) bond motifs is 6. The Morgan fingerprint density at radius 1 is 0.545 bits per heavy atom. The highest BCUT2D eigenvalue weighted by Gasteiger charge is 2.19. The van der Waals surface area contributed by atoms with Crippen molar-refractivity contribution in [1.29, 1.82) is 10.5 Å². The Kier molecular flexibility index (Phi) is 5.56.